The van der Waals surface area contributed by atoms with Gasteiger partial charge in [-0.05, 0) is 56.2 Å². The molecule has 0 atom stereocenters. The van der Waals surface area contributed by atoms with Crippen LogP contribution < -0.4 is 10.6 Å². The highest BCUT2D eigenvalue weighted by Gasteiger charge is 2.25. The predicted octanol–water partition coefficient (Wildman–Crippen LogP) is 3.80. The van der Waals surface area contributed by atoms with Gasteiger partial charge < -0.3 is 20.7 Å². The Balaban J connectivity index is 1.72. The van der Waals surface area contributed by atoms with Crippen LogP contribution in [0.3, 0.4) is 0 Å². The zero-order chi connectivity index (χ0) is 24.2. The lowest BCUT2D eigenvalue weighted by molar-refractivity contribution is 0.0771. The molecule has 0 aromatic heterocycles. The van der Waals surface area contributed by atoms with E-state index in [-0.39, 0.29) is 16.5 Å². The van der Waals surface area contributed by atoms with Gasteiger partial charge in [-0.2, -0.15) is 0 Å². The third kappa shape index (κ3) is 6.11. The van der Waals surface area contributed by atoms with Gasteiger partial charge in [0.1, 0.15) is 0 Å². The maximum atomic E-state index is 12.9. The Kier molecular flexibility index (Phi) is 7.76. The molecule has 2 aromatic rings. The number of halogens is 1. The van der Waals surface area contributed by atoms with E-state index in [1.54, 1.807) is 30.0 Å². The van der Waals surface area contributed by atoms with Gasteiger partial charge in [0, 0.05) is 41.1 Å². The van der Waals surface area contributed by atoms with Crippen LogP contribution in [-0.2, 0) is 16.3 Å². The molecule has 0 unspecified atom stereocenters. The number of nitrogens with one attached hydrogen (secondary N) is 2. The number of nitrogens with zero attached hydrogens (tertiary/aromatic N) is 2. The van der Waals surface area contributed by atoms with Crippen molar-refractivity contribution < 1.29 is 19.0 Å². The van der Waals surface area contributed by atoms with E-state index in [0.717, 1.165) is 11.1 Å². The summed E-state index contributed by atoms with van der Waals surface area (Å²) < 4.78 is 11.6. The van der Waals surface area contributed by atoms with E-state index in [2.05, 4.69) is 15.8 Å². The number of carbonyl (C=O) groups excluding carboxylic acids is 2. The quantitative estimate of drug-likeness (QED) is 0.336. The number of hydrogen-bond acceptors (Lipinski definition) is 5. The number of urea groups is 1. The van der Waals surface area contributed by atoms with Crippen LogP contribution >= 0.6 is 11.6 Å². The monoisotopic (exact) mass is 490 g/mol. The lowest BCUT2D eigenvalue weighted by atomic mass is 9.92. The fraction of sp³-hybridized carbons (Fsp3) is 0.348. The molecule has 0 aliphatic carbocycles. The zero-order valence-corrected chi connectivity index (χ0v) is 20.3. The van der Waals surface area contributed by atoms with Gasteiger partial charge in [-0.1, -0.05) is 35.0 Å². The molecule has 0 bridgehead atoms. The number of carbonyl (C=O) groups is 2. The van der Waals surface area contributed by atoms with Gasteiger partial charge in [0.05, 0.1) is 21.8 Å². The second kappa shape index (κ2) is 10.4. The molecule has 8 nitrogen and oxygen atoms in total. The molecule has 1 aliphatic rings. The minimum Gasteiger partial charge on any atom is -0.411 e. The van der Waals surface area contributed by atoms with Gasteiger partial charge in [-0.25, -0.2) is 4.79 Å². The van der Waals surface area contributed by atoms with Crippen molar-refractivity contribution in [2.24, 2.45) is 5.16 Å². The van der Waals surface area contributed by atoms with Crippen LogP contribution in [0.25, 0.3) is 0 Å². The largest absolute Gasteiger partial charge is 0.411 e. The summed E-state index contributed by atoms with van der Waals surface area (Å²) in [5, 5.41) is 18.2. The summed E-state index contributed by atoms with van der Waals surface area (Å²) in [6.45, 7) is 6.22. The highest BCUT2D eigenvalue weighted by atomic mass is 35.5. The van der Waals surface area contributed by atoms with E-state index in [1.807, 2.05) is 38.1 Å². The Labute approximate surface area is 200 Å². The molecule has 0 radical (unpaired) electrons. The minimum atomic E-state index is -0.893. The molecule has 2 aromatic carbocycles. The summed E-state index contributed by atoms with van der Waals surface area (Å²) in [5.74, 6) is 0.645. The highest BCUT2D eigenvalue weighted by molar-refractivity contribution is 7.85. The Morgan fingerprint density at radius 2 is 1.85 bits per heavy atom. The van der Waals surface area contributed by atoms with Crippen molar-refractivity contribution in [3.63, 3.8) is 0 Å². The van der Waals surface area contributed by atoms with Crippen LogP contribution in [0.2, 0.25) is 5.02 Å². The minimum absolute atomic E-state index is 0.251. The Bertz CT molecular complexity index is 1110. The summed E-state index contributed by atoms with van der Waals surface area (Å²) in [6.07, 6.45) is 0. The van der Waals surface area contributed by atoms with Gasteiger partial charge in [0.15, 0.2) is 0 Å². The molecule has 1 aliphatic heterocycles. The second-order valence-corrected chi connectivity index (χ2v) is 10.4. The third-order valence-corrected chi connectivity index (χ3v) is 7.10. The number of rotatable bonds is 5. The van der Waals surface area contributed by atoms with Crippen molar-refractivity contribution in [1.82, 2.24) is 10.2 Å². The van der Waals surface area contributed by atoms with Crippen LogP contribution in [0.4, 0.5) is 10.5 Å². The molecule has 3 N–H and O–H groups in total. The smallest absolute Gasteiger partial charge is 0.319 e. The van der Waals surface area contributed by atoms with Gasteiger partial charge in [-0.3, -0.25) is 9.00 Å². The van der Waals surface area contributed by atoms with E-state index in [0.29, 0.717) is 36.0 Å². The Morgan fingerprint density at radius 3 is 2.52 bits per heavy atom. The van der Waals surface area contributed by atoms with E-state index >= 15 is 0 Å². The van der Waals surface area contributed by atoms with Gasteiger partial charge in [-0.15, -0.1) is 0 Å². The summed E-state index contributed by atoms with van der Waals surface area (Å²) in [7, 11) is -0.893. The molecule has 3 rings (SSSR count). The molecule has 1 saturated heterocycles. The SMILES string of the molecule is C/C(=N\O)c1cccc(C(C)(C)NC(=O)Nc2ccc(Cl)c(C(=O)N3CCS(=O)CC3)c2)c1. The molecule has 33 heavy (non-hydrogen) atoms. The fourth-order valence-electron chi connectivity index (χ4n) is 3.49. The van der Waals surface area contributed by atoms with E-state index < -0.39 is 22.4 Å². The molecule has 176 valence electrons. The zero-order valence-electron chi connectivity index (χ0n) is 18.7. The lowest BCUT2D eigenvalue weighted by Gasteiger charge is -2.28. The van der Waals surface area contributed by atoms with Crippen LogP contribution in [0.5, 0.6) is 0 Å². The first-order valence-electron chi connectivity index (χ1n) is 10.4. The predicted molar refractivity (Wildman–Crippen MR) is 131 cm³/mol. The Morgan fingerprint density at radius 1 is 1.15 bits per heavy atom. The molecular weight excluding hydrogens is 464 g/mol. The molecule has 1 heterocycles. The van der Waals surface area contributed by atoms with E-state index in [9.17, 15) is 13.8 Å². The van der Waals surface area contributed by atoms with Gasteiger partial charge in [0.2, 0.25) is 0 Å². The van der Waals surface area contributed by atoms with Crippen molar-refractivity contribution in [2.45, 2.75) is 26.3 Å². The number of anilines is 1. The third-order valence-electron chi connectivity index (χ3n) is 5.50. The molecule has 3 amide bonds. The molecule has 10 heteroatoms. The fourth-order valence-corrected chi connectivity index (χ4v) is 4.74. The van der Waals surface area contributed by atoms with Crippen molar-refractivity contribution >= 4 is 45.7 Å². The number of benzene rings is 2. The first-order chi connectivity index (χ1) is 15.6. The lowest BCUT2D eigenvalue weighted by Crippen LogP contribution is -2.43. The summed E-state index contributed by atoms with van der Waals surface area (Å²) >= 11 is 6.25. The van der Waals surface area contributed by atoms with Gasteiger partial charge >= 0.3 is 6.03 Å². The summed E-state index contributed by atoms with van der Waals surface area (Å²) in [4.78, 5) is 27.2. The normalized spacial score (nSPS) is 15.3. The van der Waals surface area contributed by atoms with Crippen LogP contribution in [0.15, 0.2) is 47.6 Å². The Hall–Kier alpha value is -2.91. The first kappa shape index (κ1) is 24.7. The standard InChI is InChI=1S/C23H27ClN4O4S/c1-15(27-31)16-5-4-6-17(13-16)23(2,3)26-22(30)25-18-7-8-20(24)19(14-18)21(29)28-9-11-33(32)12-10-28/h4-8,13-14,31H,9-12H2,1-3H3,(H2,25,26,30)/b27-15+. The van der Waals surface area contributed by atoms with Crippen LogP contribution in [-0.4, -0.2) is 56.6 Å². The topological polar surface area (TPSA) is 111 Å². The van der Waals surface area contributed by atoms with Crippen molar-refractivity contribution in [3.8, 4) is 0 Å². The van der Waals surface area contributed by atoms with E-state index in [4.69, 9.17) is 16.8 Å². The summed E-state index contributed by atoms with van der Waals surface area (Å²) in [6, 6.07) is 11.7. The van der Waals surface area contributed by atoms with Crippen LogP contribution in [0.1, 0.15) is 42.3 Å². The average molecular weight is 491 g/mol. The van der Waals surface area contributed by atoms with Crippen molar-refractivity contribution in [3.05, 3.63) is 64.2 Å². The number of amides is 3. The first-order valence-corrected chi connectivity index (χ1v) is 12.3. The number of oxime groups is 1. The highest BCUT2D eigenvalue weighted by Crippen LogP contribution is 2.24. The second-order valence-electron chi connectivity index (χ2n) is 8.31. The molecular formula is C23H27ClN4O4S. The molecule has 0 spiro atoms. The maximum absolute atomic E-state index is 12.9. The summed E-state index contributed by atoms with van der Waals surface area (Å²) in [5.41, 5.74) is 2.02. The van der Waals surface area contributed by atoms with Crippen molar-refractivity contribution in [2.75, 3.05) is 29.9 Å². The van der Waals surface area contributed by atoms with Gasteiger partial charge in [0.25, 0.3) is 5.91 Å². The van der Waals surface area contributed by atoms with Crippen LogP contribution in [0, 0.1) is 0 Å². The molecule has 1 fully saturated rings. The average Bonchev–Trinajstić information content (AvgIpc) is 2.79. The molecule has 0 saturated carbocycles. The van der Waals surface area contributed by atoms with Crippen molar-refractivity contribution in [1.29, 1.82) is 0 Å². The maximum Gasteiger partial charge on any atom is 0.319 e. The van der Waals surface area contributed by atoms with E-state index in [1.165, 1.54) is 0 Å². The number of hydrogen-bond donors (Lipinski definition) is 3.